The SMILES string of the molecule is Fc1ccc(-c2cnc3n2CCNC3)c2ccccc12. The maximum atomic E-state index is 13.9. The lowest BCUT2D eigenvalue weighted by molar-refractivity contribution is 0.508. The van der Waals surface area contributed by atoms with Crippen molar-refractivity contribution in [3.8, 4) is 11.3 Å². The van der Waals surface area contributed by atoms with Gasteiger partial charge in [0.2, 0.25) is 0 Å². The van der Waals surface area contributed by atoms with E-state index in [0.717, 1.165) is 42.1 Å². The Balaban J connectivity index is 1.99. The second-order valence-electron chi connectivity index (χ2n) is 5.03. The summed E-state index contributed by atoms with van der Waals surface area (Å²) in [5.74, 6) is 0.865. The van der Waals surface area contributed by atoms with Gasteiger partial charge in [-0.05, 0) is 17.5 Å². The molecule has 2 aromatic carbocycles. The zero-order valence-corrected chi connectivity index (χ0v) is 10.9. The van der Waals surface area contributed by atoms with Crippen molar-refractivity contribution in [1.29, 1.82) is 0 Å². The molecule has 3 aromatic rings. The Bertz CT molecular complexity index is 792. The number of hydrogen-bond donors (Lipinski definition) is 1. The summed E-state index contributed by atoms with van der Waals surface area (Å²) in [7, 11) is 0. The molecule has 1 aliphatic rings. The molecule has 0 unspecified atom stereocenters. The molecule has 0 amide bonds. The Morgan fingerprint density at radius 3 is 2.85 bits per heavy atom. The van der Waals surface area contributed by atoms with Crippen molar-refractivity contribution in [1.82, 2.24) is 14.9 Å². The first-order valence-electron chi connectivity index (χ1n) is 6.77. The lowest BCUT2D eigenvalue weighted by Gasteiger charge is -2.18. The van der Waals surface area contributed by atoms with E-state index in [1.54, 1.807) is 6.07 Å². The molecule has 1 N–H and O–H groups in total. The van der Waals surface area contributed by atoms with Crippen LogP contribution < -0.4 is 5.32 Å². The number of nitrogens with one attached hydrogen (secondary N) is 1. The summed E-state index contributed by atoms with van der Waals surface area (Å²) >= 11 is 0. The Kier molecular flexibility index (Phi) is 2.57. The molecule has 0 fully saturated rings. The maximum Gasteiger partial charge on any atom is 0.131 e. The number of fused-ring (bicyclic) bond motifs is 2. The number of rotatable bonds is 1. The summed E-state index contributed by atoms with van der Waals surface area (Å²) in [5.41, 5.74) is 2.11. The standard InChI is InChI=1S/C16H14FN3/c17-14-6-5-13(11-3-1-2-4-12(11)14)15-9-19-16-10-18-7-8-20(15)16/h1-6,9,18H,7-8,10H2. The van der Waals surface area contributed by atoms with E-state index in [1.807, 2.05) is 36.5 Å². The maximum absolute atomic E-state index is 13.9. The van der Waals surface area contributed by atoms with Gasteiger partial charge in [-0.15, -0.1) is 0 Å². The van der Waals surface area contributed by atoms with Gasteiger partial charge in [0.15, 0.2) is 0 Å². The van der Waals surface area contributed by atoms with Crippen LogP contribution in [0.2, 0.25) is 0 Å². The van der Waals surface area contributed by atoms with Crippen LogP contribution >= 0.6 is 0 Å². The first-order chi connectivity index (χ1) is 9.84. The normalized spacial score (nSPS) is 14.4. The third-order valence-electron chi connectivity index (χ3n) is 3.88. The predicted molar refractivity (Wildman–Crippen MR) is 76.8 cm³/mol. The Labute approximate surface area is 116 Å². The molecule has 0 spiro atoms. The molecule has 0 atom stereocenters. The van der Waals surface area contributed by atoms with Crippen LogP contribution in [0.5, 0.6) is 0 Å². The number of halogens is 1. The van der Waals surface area contributed by atoms with Crippen LogP contribution in [0.25, 0.3) is 22.0 Å². The molecule has 1 aliphatic heterocycles. The van der Waals surface area contributed by atoms with Gasteiger partial charge in [-0.2, -0.15) is 0 Å². The molecule has 3 nitrogen and oxygen atoms in total. The summed E-state index contributed by atoms with van der Waals surface area (Å²) in [6.45, 7) is 2.63. The van der Waals surface area contributed by atoms with Crippen molar-refractivity contribution < 1.29 is 4.39 Å². The van der Waals surface area contributed by atoms with Crippen molar-refractivity contribution in [2.24, 2.45) is 0 Å². The van der Waals surface area contributed by atoms with Crippen LogP contribution in [0.4, 0.5) is 4.39 Å². The van der Waals surface area contributed by atoms with E-state index in [9.17, 15) is 4.39 Å². The minimum atomic E-state index is -0.176. The average molecular weight is 267 g/mol. The Morgan fingerprint density at radius 2 is 1.95 bits per heavy atom. The van der Waals surface area contributed by atoms with E-state index in [1.165, 1.54) is 0 Å². The fourth-order valence-electron chi connectivity index (χ4n) is 2.90. The Morgan fingerprint density at radius 1 is 1.10 bits per heavy atom. The average Bonchev–Trinajstić information content (AvgIpc) is 2.92. The minimum Gasteiger partial charge on any atom is -0.326 e. The van der Waals surface area contributed by atoms with Crippen LogP contribution in [-0.2, 0) is 13.1 Å². The third-order valence-corrected chi connectivity index (χ3v) is 3.88. The second-order valence-corrected chi connectivity index (χ2v) is 5.03. The van der Waals surface area contributed by atoms with E-state index in [4.69, 9.17) is 0 Å². The molecular formula is C16H14FN3. The summed E-state index contributed by atoms with van der Waals surface area (Å²) < 4.78 is 16.1. The molecule has 20 heavy (non-hydrogen) atoms. The third kappa shape index (κ3) is 1.65. The zero-order valence-electron chi connectivity index (χ0n) is 10.9. The first kappa shape index (κ1) is 11.6. The van der Waals surface area contributed by atoms with Gasteiger partial charge in [0.25, 0.3) is 0 Å². The largest absolute Gasteiger partial charge is 0.326 e. The fourth-order valence-corrected chi connectivity index (χ4v) is 2.90. The van der Waals surface area contributed by atoms with Crippen LogP contribution in [0.1, 0.15) is 5.82 Å². The summed E-state index contributed by atoms with van der Waals surface area (Å²) in [5, 5.41) is 4.91. The van der Waals surface area contributed by atoms with Crippen molar-refractivity contribution in [2.45, 2.75) is 13.1 Å². The van der Waals surface area contributed by atoms with Gasteiger partial charge >= 0.3 is 0 Å². The molecule has 4 heteroatoms. The van der Waals surface area contributed by atoms with Crippen molar-refractivity contribution in [2.75, 3.05) is 6.54 Å². The highest BCUT2D eigenvalue weighted by molar-refractivity contribution is 5.96. The number of aromatic nitrogens is 2. The molecule has 0 saturated heterocycles. The lowest BCUT2D eigenvalue weighted by atomic mass is 10.0. The molecule has 0 saturated carbocycles. The molecule has 0 aliphatic carbocycles. The quantitative estimate of drug-likeness (QED) is 0.734. The van der Waals surface area contributed by atoms with Crippen molar-refractivity contribution in [3.63, 3.8) is 0 Å². The second kappa shape index (κ2) is 4.42. The summed E-state index contributed by atoms with van der Waals surface area (Å²) in [6.07, 6.45) is 1.89. The number of hydrogen-bond acceptors (Lipinski definition) is 2. The topological polar surface area (TPSA) is 29.9 Å². The molecule has 100 valence electrons. The van der Waals surface area contributed by atoms with E-state index in [2.05, 4.69) is 14.9 Å². The molecular weight excluding hydrogens is 253 g/mol. The lowest BCUT2D eigenvalue weighted by Crippen LogP contribution is -2.28. The van der Waals surface area contributed by atoms with Gasteiger partial charge in [-0.3, -0.25) is 0 Å². The molecule has 1 aromatic heterocycles. The zero-order chi connectivity index (χ0) is 13.5. The molecule has 0 radical (unpaired) electrons. The predicted octanol–water partition coefficient (Wildman–Crippen LogP) is 2.95. The minimum absolute atomic E-state index is 0.176. The van der Waals surface area contributed by atoms with E-state index in [-0.39, 0.29) is 5.82 Å². The molecule has 0 bridgehead atoms. The number of imidazole rings is 1. The van der Waals surface area contributed by atoms with Crippen LogP contribution in [-0.4, -0.2) is 16.1 Å². The first-order valence-corrected chi connectivity index (χ1v) is 6.77. The number of nitrogens with zero attached hydrogens (tertiary/aromatic N) is 2. The fraction of sp³-hybridized carbons (Fsp3) is 0.188. The van der Waals surface area contributed by atoms with Crippen molar-refractivity contribution >= 4 is 10.8 Å². The van der Waals surface area contributed by atoms with Gasteiger partial charge in [0.05, 0.1) is 18.4 Å². The van der Waals surface area contributed by atoms with E-state index in [0.29, 0.717) is 5.39 Å². The van der Waals surface area contributed by atoms with Gasteiger partial charge < -0.3 is 9.88 Å². The van der Waals surface area contributed by atoms with Gasteiger partial charge in [-0.25, -0.2) is 9.37 Å². The summed E-state index contributed by atoms with van der Waals surface area (Å²) in [6, 6.07) is 11.0. The molecule has 2 heterocycles. The highest BCUT2D eigenvalue weighted by atomic mass is 19.1. The van der Waals surface area contributed by atoms with Crippen LogP contribution in [0.3, 0.4) is 0 Å². The van der Waals surface area contributed by atoms with Crippen LogP contribution in [0, 0.1) is 5.82 Å². The number of benzene rings is 2. The molecule has 4 rings (SSSR count). The van der Waals surface area contributed by atoms with Gasteiger partial charge in [0, 0.05) is 24.0 Å². The highest BCUT2D eigenvalue weighted by Gasteiger charge is 2.16. The Hall–Kier alpha value is -2.20. The summed E-state index contributed by atoms with van der Waals surface area (Å²) in [4.78, 5) is 4.47. The van der Waals surface area contributed by atoms with Crippen LogP contribution in [0.15, 0.2) is 42.6 Å². The van der Waals surface area contributed by atoms with E-state index < -0.39 is 0 Å². The van der Waals surface area contributed by atoms with Crippen molar-refractivity contribution in [3.05, 3.63) is 54.2 Å². The highest BCUT2D eigenvalue weighted by Crippen LogP contribution is 2.31. The van der Waals surface area contributed by atoms with Gasteiger partial charge in [0.1, 0.15) is 11.6 Å². The van der Waals surface area contributed by atoms with E-state index >= 15 is 0 Å². The monoisotopic (exact) mass is 267 g/mol. The van der Waals surface area contributed by atoms with Gasteiger partial charge in [-0.1, -0.05) is 24.3 Å². The smallest absolute Gasteiger partial charge is 0.131 e.